The predicted molar refractivity (Wildman–Crippen MR) is 81.2 cm³/mol. The second-order valence-corrected chi connectivity index (χ2v) is 5.02. The predicted octanol–water partition coefficient (Wildman–Crippen LogP) is 4.53. The molecule has 0 aliphatic rings. The molecule has 1 N–H and O–H groups in total. The van der Waals surface area contributed by atoms with E-state index >= 15 is 0 Å². The zero-order valence-corrected chi connectivity index (χ0v) is 11.9. The number of aryl methyl sites for hydroxylation is 1. The molecule has 3 heteroatoms. The molecular formula is C16H18ClNO. The molecule has 0 fully saturated rings. The second-order valence-electron chi connectivity index (χ2n) is 4.59. The van der Waals surface area contributed by atoms with Gasteiger partial charge in [-0.25, -0.2) is 0 Å². The van der Waals surface area contributed by atoms with Crippen LogP contribution in [0.15, 0.2) is 48.5 Å². The standard InChI is InChI=1S/C16H18ClNO/c1-12-8-9-14(17)10-16(12)19-13(2)11-18-15-6-4-3-5-7-15/h3-10,13,18H,11H2,1-2H3. The van der Waals surface area contributed by atoms with E-state index in [1.165, 1.54) is 0 Å². The monoisotopic (exact) mass is 275 g/mol. The number of para-hydroxylation sites is 1. The van der Waals surface area contributed by atoms with Gasteiger partial charge in [0.05, 0.1) is 6.54 Å². The summed E-state index contributed by atoms with van der Waals surface area (Å²) in [5, 5.41) is 4.04. The zero-order chi connectivity index (χ0) is 13.7. The Morgan fingerprint density at radius 2 is 1.89 bits per heavy atom. The Morgan fingerprint density at radius 1 is 1.16 bits per heavy atom. The zero-order valence-electron chi connectivity index (χ0n) is 11.2. The minimum absolute atomic E-state index is 0.0670. The molecule has 2 aromatic carbocycles. The Bertz CT molecular complexity index is 528. The Hall–Kier alpha value is -1.67. The lowest BCUT2D eigenvalue weighted by Gasteiger charge is -2.17. The normalized spacial score (nSPS) is 11.9. The number of hydrogen-bond acceptors (Lipinski definition) is 2. The quantitative estimate of drug-likeness (QED) is 0.866. The maximum Gasteiger partial charge on any atom is 0.124 e. The SMILES string of the molecule is Cc1ccc(Cl)cc1OC(C)CNc1ccccc1. The van der Waals surface area contributed by atoms with Crippen LogP contribution in [-0.2, 0) is 0 Å². The average Bonchev–Trinajstić information content (AvgIpc) is 2.42. The van der Waals surface area contributed by atoms with Crippen LogP contribution in [-0.4, -0.2) is 12.6 Å². The summed E-state index contributed by atoms with van der Waals surface area (Å²) >= 11 is 5.98. The van der Waals surface area contributed by atoms with Gasteiger partial charge in [0, 0.05) is 10.7 Å². The van der Waals surface area contributed by atoms with E-state index in [2.05, 4.69) is 5.32 Å². The van der Waals surface area contributed by atoms with Gasteiger partial charge >= 0.3 is 0 Å². The summed E-state index contributed by atoms with van der Waals surface area (Å²) in [6, 6.07) is 15.8. The molecule has 0 saturated carbocycles. The first-order valence-corrected chi connectivity index (χ1v) is 6.74. The Morgan fingerprint density at radius 3 is 2.63 bits per heavy atom. The fourth-order valence-corrected chi connectivity index (χ4v) is 1.94. The van der Waals surface area contributed by atoms with Crippen molar-refractivity contribution in [1.82, 2.24) is 0 Å². The fraction of sp³-hybridized carbons (Fsp3) is 0.250. The van der Waals surface area contributed by atoms with E-state index in [9.17, 15) is 0 Å². The van der Waals surface area contributed by atoms with Crippen LogP contribution in [0, 0.1) is 6.92 Å². The van der Waals surface area contributed by atoms with Gasteiger partial charge in [-0.15, -0.1) is 0 Å². The van der Waals surface area contributed by atoms with Gasteiger partial charge in [-0.1, -0.05) is 35.9 Å². The van der Waals surface area contributed by atoms with Crippen molar-refractivity contribution < 1.29 is 4.74 Å². The summed E-state index contributed by atoms with van der Waals surface area (Å²) in [7, 11) is 0. The van der Waals surface area contributed by atoms with Crippen LogP contribution in [0.1, 0.15) is 12.5 Å². The molecule has 0 saturated heterocycles. The van der Waals surface area contributed by atoms with Gasteiger partial charge in [0.25, 0.3) is 0 Å². The molecule has 0 bridgehead atoms. The van der Waals surface area contributed by atoms with E-state index in [1.54, 1.807) is 0 Å². The highest BCUT2D eigenvalue weighted by atomic mass is 35.5. The minimum Gasteiger partial charge on any atom is -0.489 e. The first-order chi connectivity index (χ1) is 9.15. The highest BCUT2D eigenvalue weighted by Gasteiger charge is 2.07. The average molecular weight is 276 g/mol. The van der Waals surface area contributed by atoms with Crippen molar-refractivity contribution in [2.24, 2.45) is 0 Å². The summed E-state index contributed by atoms with van der Waals surface area (Å²) in [6.45, 7) is 4.80. The molecule has 0 spiro atoms. The Balaban J connectivity index is 1.90. The summed E-state index contributed by atoms with van der Waals surface area (Å²) in [4.78, 5) is 0. The van der Waals surface area contributed by atoms with Gasteiger partial charge in [0.15, 0.2) is 0 Å². The third kappa shape index (κ3) is 4.18. The van der Waals surface area contributed by atoms with Crippen LogP contribution >= 0.6 is 11.6 Å². The van der Waals surface area contributed by atoms with E-state index in [-0.39, 0.29) is 6.10 Å². The van der Waals surface area contributed by atoms with E-state index < -0.39 is 0 Å². The molecule has 19 heavy (non-hydrogen) atoms. The first kappa shape index (κ1) is 13.8. The molecule has 2 nitrogen and oxygen atoms in total. The number of hydrogen-bond donors (Lipinski definition) is 1. The number of ether oxygens (including phenoxy) is 1. The molecule has 0 aliphatic heterocycles. The van der Waals surface area contributed by atoms with Crippen molar-refractivity contribution in [1.29, 1.82) is 0 Å². The maximum atomic E-state index is 5.98. The third-order valence-corrected chi connectivity index (χ3v) is 3.08. The summed E-state index contributed by atoms with van der Waals surface area (Å²) in [5.74, 6) is 0.842. The van der Waals surface area contributed by atoms with E-state index in [1.807, 2.05) is 62.4 Å². The van der Waals surface area contributed by atoms with Crippen molar-refractivity contribution in [2.75, 3.05) is 11.9 Å². The van der Waals surface area contributed by atoms with Crippen LogP contribution in [0.4, 0.5) is 5.69 Å². The summed E-state index contributed by atoms with van der Waals surface area (Å²) in [5.41, 5.74) is 2.19. The topological polar surface area (TPSA) is 21.3 Å². The molecule has 1 unspecified atom stereocenters. The molecular weight excluding hydrogens is 258 g/mol. The van der Waals surface area contributed by atoms with Crippen LogP contribution in [0.2, 0.25) is 5.02 Å². The molecule has 2 rings (SSSR count). The van der Waals surface area contributed by atoms with Crippen molar-refractivity contribution in [3.8, 4) is 5.75 Å². The number of benzene rings is 2. The van der Waals surface area contributed by atoms with Gasteiger partial charge in [-0.2, -0.15) is 0 Å². The van der Waals surface area contributed by atoms with Gasteiger partial charge in [0.2, 0.25) is 0 Å². The van der Waals surface area contributed by atoms with Gasteiger partial charge in [-0.3, -0.25) is 0 Å². The lowest BCUT2D eigenvalue weighted by atomic mass is 10.2. The van der Waals surface area contributed by atoms with Crippen molar-refractivity contribution in [3.05, 3.63) is 59.1 Å². The number of halogens is 1. The van der Waals surface area contributed by atoms with Crippen LogP contribution in [0.5, 0.6) is 5.75 Å². The number of rotatable bonds is 5. The molecule has 2 aromatic rings. The van der Waals surface area contributed by atoms with Crippen LogP contribution in [0.25, 0.3) is 0 Å². The molecule has 0 amide bonds. The van der Waals surface area contributed by atoms with Crippen molar-refractivity contribution in [3.63, 3.8) is 0 Å². The van der Waals surface area contributed by atoms with Crippen molar-refractivity contribution >= 4 is 17.3 Å². The molecule has 100 valence electrons. The van der Waals surface area contributed by atoms with Crippen LogP contribution in [0.3, 0.4) is 0 Å². The van der Waals surface area contributed by atoms with Gasteiger partial charge in [0.1, 0.15) is 11.9 Å². The number of nitrogens with one attached hydrogen (secondary N) is 1. The van der Waals surface area contributed by atoms with Crippen molar-refractivity contribution in [2.45, 2.75) is 20.0 Å². The molecule has 0 aromatic heterocycles. The van der Waals surface area contributed by atoms with Crippen LogP contribution < -0.4 is 10.1 Å². The Labute approximate surface area is 119 Å². The number of anilines is 1. The smallest absolute Gasteiger partial charge is 0.124 e. The molecule has 0 aliphatic carbocycles. The van der Waals surface area contributed by atoms with E-state index in [0.717, 1.165) is 23.5 Å². The lowest BCUT2D eigenvalue weighted by molar-refractivity contribution is 0.233. The van der Waals surface area contributed by atoms with Gasteiger partial charge < -0.3 is 10.1 Å². The molecule has 0 heterocycles. The molecule has 1 atom stereocenters. The summed E-state index contributed by atoms with van der Waals surface area (Å²) < 4.78 is 5.90. The highest BCUT2D eigenvalue weighted by Crippen LogP contribution is 2.23. The first-order valence-electron chi connectivity index (χ1n) is 6.37. The second kappa shape index (κ2) is 6.48. The lowest BCUT2D eigenvalue weighted by Crippen LogP contribution is -2.22. The third-order valence-electron chi connectivity index (χ3n) is 2.85. The summed E-state index contributed by atoms with van der Waals surface area (Å²) in [6.07, 6.45) is 0.0670. The maximum absolute atomic E-state index is 5.98. The van der Waals surface area contributed by atoms with E-state index in [0.29, 0.717) is 5.02 Å². The fourth-order valence-electron chi connectivity index (χ4n) is 1.78. The molecule has 0 radical (unpaired) electrons. The Kier molecular flexibility index (Phi) is 4.69. The minimum atomic E-state index is 0.0670. The van der Waals surface area contributed by atoms with Gasteiger partial charge in [-0.05, 0) is 43.7 Å². The highest BCUT2D eigenvalue weighted by molar-refractivity contribution is 6.30. The largest absolute Gasteiger partial charge is 0.489 e. The van der Waals surface area contributed by atoms with E-state index in [4.69, 9.17) is 16.3 Å².